The molecule has 0 saturated carbocycles. The number of oxime groups is 1. The molecule has 0 saturated heterocycles. The highest BCUT2D eigenvalue weighted by atomic mass is 16.5. The van der Waals surface area contributed by atoms with Crippen molar-refractivity contribution >= 4 is 5.71 Å². The van der Waals surface area contributed by atoms with Gasteiger partial charge in [0.1, 0.15) is 5.71 Å². The summed E-state index contributed by atoms with van der Waals surface area (Å²) in [6, 6.07) is 19.3. The summed E-state index contributed by atoms with van der Waals surface area (Å²) < 4.78 is 2.99. The summed E-state index contributed by atoms with van der Waals surface area (Å²) in [5, 5.41) is 25.8. The molecule has 1 atom stereocenters. The number of hydrogen-bond donors (Lipinski definition) is 1. The molecule has 0 radical (unpaired) electrons. The summed E-state index contributed by atoms with van der Waals surface area (Å²) in [7, 11) is 0. The molecule has 2 aromatic carbocycles. The van der Waals surface area contributed by atoms with Crippen LogP contribution in [0.2, 0.25) is 0 Å². The molecule has 3 rings (SSSR count). The maximum Gasteiger partial charge on any atom is 0.260 e. The Kier molecular flexibility index (Phi) is 5.07. The van der Waals surface area contributed by atoms with Gasteiger partial charge in [-0.2, -0.15) is 0 Å². The lowest BCUT2D eigenvalue weighted by Crippen LogP contribution is -2.34. The van der Waals surface area contributed by atoms with Crippen LogP contribution in [0.15, 0.2) is 65.8 Å². The summed E-state index contributed by atoms with van der Waals surface area (Å²) in [5.74, 6) is 0.637. The highest BCUT2D eigenvalue weighted by Gasteiger charge is 2.33. The molecule has 5 heteroatoms. The first-order chi connectivity index (χ1) is 12.6. The van der Waals surface area contributed by atoms with Gasteiger partial charge in [0.25, 0.3) is 5.82 Å². The topological polar surface area (TPSA) is 64.5 Å². The summed E-state index contributed by atoms with van der Waals surface area (Å²) in [5.41, 5.74) is 3.93. The van der Waals surface area contributed by atoms with E-state index in [1.165, 1.54) is 0 Å². The lowest BCUT2D eigenvalue weighted by atomic mass is 10.0. The van der Waals surface area contributed by atoms with Gasteiger partial charge in [-0.05, 0) is 6.92 Å². The quantitative estimate of drug-likeness (QED) is 0.248. The van der Waals surface area contributed by atoms with Crippen LogP contribution in [-0.4, -0.2) is 15.5 Å². The van der Waals surface area contributed by atoms with Crippen LogP contribution in [0.3, 0.4) is 0 Å². The van der Waals surface area contributed by atoms with E-state index in [9.17, 15) is 10.4 Å². The molecule has 1 N–H and O–H groups in total. The van der Waals surface area contributed by atoms with Gasteiger partial charge in [-0.1, -0.05) is 72.7 Å². The molecule has 26 heavy (non-hydrogen) atoms. The Morgan fingerprint density at radius 3 is 2.23 bits per heavy atom. The van der Waals surface area contributed by atoms with Crippen LogP contribution in [-0.2, 0) is 6.42 Å². The van der Waals surface area contributed by atoms with Gasteiger partial charge in [-0.25, -0.2) is 9.30 Å². The Morgan fingerprint density at radius 2 is 1.69 bits per heavy atom. The van der Waals surface area contributed by atoms with E-state index in [2.05, 4.69) is 5.16 Å². The second-order valence-corrected chi connectivity index (χ2v) is 6.29. The monoisotopic (exact) mass is 349 g/mol. The van der Waals surface area contributed by atoms with E-state index < -0.39 is 0 Å². The van der Waals surface area contributed by atoms with Crippen molar-refractivity contribution in [2.75, 3.05) is 0 Å². The minimum absolute atomic E-state index is 0.361. The predicted octanol–water partition coefficient (Wildman–Crippen LogP) is 4.10. The summed E-state index contributed by atoms with van der Waals surface area (Å²) >= 11 is 0. The highest BCUT2D eigenvalue weighted by Crippen LogP contribution is 2.31. The van der Waals surface area contributed by atoms with Crippen molar-refractivity contribution in [3.63, 3.8) is 0 Å². The molecular weight excluding hydrogens is 326 g/mol. The maximum absolute atomic E-state index is 12.9. The SMILES string of the molecule is CCc1n(C(C(C)=NO)c2ccccc2)c(-c2ccccc2)c(C)[n+]1[O-]. The van der Waals surface area contributed by atoms with Gasteiger partial charge in [0.05, 0.1) is 0 Å². The Bertz CT molecular complexity index is 915. The number of benzene rings is 2. The van der Waals surface area contributed by atoms with Crippen LogP contribution in [0.25, 0.3) is 11.3 Å². The van der Waals surface area contributed by atoms with Crippen molar-refractivity contribution in [1.29, 1.82) is 0 Å². The fraction of sp³-hybridized carbons (Fsp3) is 0.238. The van der Waals surface area contributed by atoms with Crippen LogP contribution in [0, 0.1) is 12.1 Å². The Hall–Kier alpha value is -3.08. The molecule has 0 spiro atoms. The third kappa shape index (κ3) is 2.96. The average Bonchev–Trinajstić information content (AvgIpc) is 2.93. The molecule has 5 nitrogen and oxygen atoms in total. The molecule has 0 amide bonds. The van der Waals surface area contributed by atoms with Crippen LogP contribution >= 0.6 is 0 Å². The van der Waals surface area contributed by atoms with E-state index in [1.54, 1.807) is 6.92 Å². The zero-order valence-electron chi connectivity index (χ0n) is 15.3. The first-order valence-electron chi connectivity index (χ1n) is 8.72. The van der Waals surface area contributed by atoms with Gasteiger partial charge in [-0.15, -0.1) is 0 Å². The number of imidazole rings is 1. The van der Waals surface area contributed by atoms with Gasteiger partial charge in [0, 0.05) is 24.5 Å². The van der Waals surface area contributed by atoms with Crippen molar-refractivity contribution in [1.82, 2.24) is 4.57 Å². The molecule has 134 valence electrons. The van der Waals surface area contributed by atoms with E-state index in [0.717, 1.165) is 21.6 Å². The van der Waals surface area contributed by atoms with E-state index in [0.29, 0.717) is 23.7 Å². The molecular formula is C21H23N3O2. The second kappa shape index (κ2) is 7.44. The first kappa shape index (κ1) is 17.7. The lowest BCUT2D eigenvalue weighted by Gasteiger charge is -2.18. The fourth-order valence-corrected chi connectivity index (χ4v) is 3.49. The lowest BCUT2D eigenvalue weighted by molar-refractivity contribution is -0.619. The number of hydrogen-bond acceptors (Lipinski definition) is 3. The molecule has 0 bridgehead atoms. The average molecular weight is 349 g/mol. The third-order valence-corrected chi connectivity index (χ3v) is 4.69. The summed E-state index contributed by atoms with van der Waals surface area (Å²) in [6.07, 6.45) is 0.569. The largest absolute Gasteiger partial charge is 0.711 e. The second-order valence-electron chi connectivity index (χ2n) is 6.29. The molecule has 0 aliphatic carbocycles. The van der Waals surface area contributed by atoms with Gasteiger partial charge in [0.15, 0.2) is 17.4 Å². The van der Waals surface area contributed by atoms with Crippen molar-refractivity contribution in [2.24, 2.45) is 5.16 Å². The van der Waals surface area contributed by atoms with Crippen LogP contribution in [0.4, 0.5) is 0 Å². The van der Waals surface area contributed by atoms with Gasteiger partial charge >= 0.3 is 0 Å². The van der Waals surface area contributed by atoms with Gasteiger partial charge in [0.2, 0.25) is 0 Å². The molecule has 1 aromatic heterocycles. The van der Waals surface area contributed by atoms with Crippen LogP contribution in [0.1, 0.15) is 37.0 Å². The minimum atomic E-state index is -0.361. The predicted molar refractivity (Wildman–Crippen MR) is 102 cm³/mol. The molecule has 0 fully saturated rings. The molecule has 3 aromatic rings. The Labute approximate surface area is 153 Å². The standard InChI is InChI=1S/C21H23N3O2/c1-4-19-23(20(15(2)22-25)17-11-7-5-8-12-17)21(16(3)24(19)26)18-13-9-6-10-14-18/h5-14,20,25H,4H2,1-3H3. The van der Waals surface area contributed by atoms with Crippen molar-refractivity contribution in [3.8, 4) is 11.3 Å². The van der Waals surface area contributed by atoms with Gasteiger partial charge < -0.3 is 10.4 Å². The van der Waals surface area contributed by atoms with Gasteiger partial charge in [-0.3, -0.25) is 0 Å². The van der Waals surface area contributed by atoms with E-state index in [-0.39, 0.29) is 6.04 Å². The number of rotatable bonds is 5. The summed E-state index contributed by atoms with van der Waals surface area (Å²) in [4.78, 5) is 0. The first-order valence-corrected chi connectivity index (χ1v) is 8.72. The van der Waals surface area contributed by atoms with E-state index >= 15 is 0 Å². The fourth-order valence-electron chi connectivity index (χ4n) is 3.49. The van der Waals surface area contributed by atoms with Crippen molar-refractivity contribution in [3.05, 3.63) is 83.0 Å². The van der Waals surface area contributed by atoms with Crippen LogP contribution in [0.5, 0.6) is 0 Å². The van der Waals surface area contributed by atoms with Crippen molar-refractivity contribution < 1.29 is 9.94 Å². The normalized spacial score (nSPS) is 13.0. The molecule has 1 heterocycles. The van der Waals surface area contributed by atoms with E-state index in [1.807, 2.05) is 79.1 Å². The van der Waals surface area contributed by atoms with Crippen LogP contribution < -0.4 is 4.73 Å². The third-order valence-electron chi connectivity index (χ3n) is 4.69. The zero-order valence-corrected chi connectivity index (χ0v) is 15.3. The smallest absolute Gasteiger partial charge is 0.260 e. The maximum atomic E-state index is 12.9. The zero-order chi connectivity index (χ0) is 18.7. The molecule has 1 unspecified atom stereocenters. The Morgan fingerprint density at radius 1 is 1.12 bits per heavy atom. The van der Waals surface area contributed by atoms with Crippen molar-refractivity contribution in [2.45, 2.75) is 33.2 Å². The highest BCUT2D eigenvalue weighted by molar-refractivity contribution is 5.89. The van der Waals surface area contributed by atoms with E-state index in [4.69, 9.17) is 0 Å². The summed E-state index contributed by atoms with van der Waals surface area (Å²) in [6.45, 7) is 5.57. The minimum Gasteiger partial charge on any atom is -0.711 e. The number of nitrogens with zero attached hydrogens (tertiary/aromatic N) is 3. The molecule has 0 aliphatic heterocycles. The molecule has 0 aliphatic rings. The Balaban J connectivity index is 2.36. The number of aromatic nitrogens is 2.